The van der Waals surface area contributed by atoms with Crippen LogP contribution >= 0.6 is 0 Å². The molecule has 2 aromatic carbocycles. The van der Waals surface area contributed by atoms with E-state index in [2.05, 4.69) is 56.3 Å². The predicted octanol–water partition coefficient (Wildman–Crippen LogP) is 4.52. The van der Waals surface area contributed by atoms with Crippen molar-refractivity contribution in [3.8, 4) is 22.5 Å². The molecule has 0 aliphatic heterocycles. The van der Waals surface area contributed by atoms with Gasteiger partial charge < -0.3 is 10.3 Å². The van der Waals surface area contributed by atoms with Crippen LogP contribution in [0.3, 0.4) is 0 Å². The zero-order valence-electron chi connectivity index (χ0n) is 12.5. The van der Waals surface area contributed by atoms with Crippen molar-refractivity contribution in [2.24, 2.45) is 0 Å². The smallest absolute Gasteiger partial charge is 0.176 e. The van der Waals surface area contributed by atoms with Crippen molar-refractivity contribution >= 4 is 5.82 Å². The quantitative estimate of drug-likeness (QED) is 0.750. The minimum absolute atomic E-state index is 0.426. The Bertz CT molecular complexity index is 782. The maximum atomic E-state index is 6.03. The fourth-order valence-corrected chi connectivity index (χ4v) is 2.68. The summed E-state index contributed by atoms with van der Waals surface area (Å²) in [5.74, 6) is 1.15. The lowest BCUT2D eigenvalue weighted by molar-refractivity contribution is 0.436. The van der Waals surface area contributed by atoms with Crippen LogP contribution in [0.1, 0.15) is 16.7 Å². The van der Waals surface area contributed by atoms with E-state index in [0.29, 0.717) is 5.82 Å². The van der Waals surface area contributed by atoms with Crippen molar-refractivity contribution in [3.05, 3.63) is 59.2 Å². The predicted molar refractivity (Wildman–Crippen MR) is 86.0 cm³/mol. The Kier molecular flexibility index (Phi) is 3.26. The molecular formula is C18H18N2O. The second-order valence-electron chi connectivity index (χ2n) is 5.52. The van der Waals surface area contributed by atoms with Crippen molar-refractivity contribution in [1.29, 1.82) is 0 Å². The number of aromatic nitrogens is 1. The van der Waals surface area contributed by atoms with Crippen molar-refractivity contribution in [3.63, 3.8) is 0 Å². The SMILES string of the molecule is Cc1cc(C)cc(-c2onc(N)c2-c2cccc(C)c2)c1. The number of aryl methyl sites for hydroxylation is 3. The van der Waals surface area contributed by atoms with E-state index in [1.54, 1.807) is 0 Å². The molecule has 0 aliphatic rings. The van der Waals surface area contributed by atoms with Gasteiger partial charge in [-0.3, -0.25) is 0 Å². The second-order valence-corrected chi connectivity index (χ2v) is 5.52. The standard InChI is InChI=1S/C18H18N2O/c1-11-5-4-6-14(8-11)16-17(21-20-18(16)19)15-9-12(2)7-13(3)10-15/h4-10H,1-3H3,(H2,19,20). The highest BCUT2D eigenvalue weighted by Gasteiger charge is 2.18. The number of nitrogen functional groups attached to an aromatic ring is 1. The molecular weight excluding hydrogens is 260 g/mol. The number of hydrogen-bond donors (Lipinski definition) is 1. The van der Waals surface area contributed by atoms with Gasteiger partial charge in [0.2, 0.25) is 0 Å². The molecule has 3 nitrogen and oxygen atoms in total. The molecule has 0 aliphatic carbocycles. The van der Waals surface area contributed by atoms with Gasteiger partial charge in [-0.1, -0.05) is 52.2 Å². The summed E-state index contributed by atoms with van der Waals surface area (Å²) in [5.41, 5.74) is 12.5. The summed E-state index contributed by atoms with van der Waals surface area (Å²) >= 11 is 0. The fourth-order valence-electron chi connectivity index (χ4n) is 2.68. The lowest BCUT2D eigenvalue weighted by Crippen LogP contribution is -1.90. The van der Waals surface area contributed by atoms with E-state index in [9.17, 15) is 0 Å². The van der Waals surface area contributed by atoms with E-state index >= 15 is 0 Å². The molecule has 106 valence electrons. The Hall–Kier alpha value is -2.55. The summed E-state index contributed by atoms with van der Waals surface area (Å²) in [7, 11) is 0. The van der Waals surface area contributed by atoms with Crippen LogP contribution < -0.4 is 5.73 Å². The van der Waals surface area contributed by atoms with Gasteiger partial charge >= 0.3 is 0 Å². The molecule has 0 saturated heterocycles. The van der Waals surface area contributed by atoms with Crippen LogP contribution in [0, 0.1) is 20.8 Å². The molecule has 3 heteroatoms. The Labute approximate surface area is 124 Å². The van der Waals surface area contributed by atoms with Gasteiger partial charge in [0.15, 0.2) is 11.6 Å². The molecule has 0 amide bonds. The third-order valence-electron chi connectivity index (χ3n) is 3.51. The number of nitrogens with two attached hydrogens (primary N) is 1. The van der Waals surface area contributed by atoms with Gasteiger partial charge in [0, 0.05) is 5.56 Å². The third-order valence-corrected chi connectivity index (χ3v) is 3.51. The lowest BCUT2D eigenvalue weighted by atomic mass is 9.98. The van der Waals surface area contributed by atoms with Crippen LogP contribution in [-0.4, -0.2) is 5.16 Å². The number of anilines is 1. The van der Waals surface area contributed by atoms with Gasteiger partial charge in [0.1, 0.15) is 0 Å². The van der Waals surface area contributed by atoms with E-state index in [-0.39, 0.29) is 0 Å². The van der Waals surface area contributed by atoms with E-state index in [1.165, 1.54) is 16.7 Å². The minimum Gasteiger partial charge on any atom is -0.380 e. The van der Waals surface area contributed by atoms with E-state index < -0.39 is 0 Å². The monoisotopic (exact) mass is 278 g/mol. The molecule has 0 spiro atoms. The summed E-state index contributed by atoms with van der Waals surface area (Å²) < 4.78 is 5.51. The highest BCUT2D eigenvalue weighted by Crippen LogP contribution is 2.37. The first-order chi connectivity index (χ1) is 10.0. The van der Waals surface area contributed by atoms with Crippen molar-refractivity contribution in [2.45, 2.75) is 20.8 Å². The lowest BCUT2D eigenvalue weighted by Gasteiger charge is -2.06. The zero-order valence-corrected chi connectivity index (χ0v) is 12.5. The van der Waals surface area contributed by atoms with Gasteiger partial charge in [-0.2, -0.15) is 0 Å². The highest BCUT2D eigenvalue weighted by atomic mass is 16.5. The molecule has 21 heavy (non-hydrogen) atoms. The summed E-state index contributed by atoms with van der Waals surface area (Å²) in [6.07, 6.45) is 0. The van der Waals surface area contributed by atoms with Crippen LogP contribution in [0.25, 0.3) is 22.5 Å². The molecule has 1 aromatic heterocycles. The maximum absolute atomic E-state index is 6.03. The average molecular weight is 278 g/mol. The summed E-state index contributed by atoms with van der Waals surface area (Å²) in [6, 6.07) is 14.5. The average Bonchev–Trinajstić information content (AvgIpc) is 2.79. The molecule has 0 bridgehead atoms. The second kappa shape index (κ2) is 5.09. The minimum atomic E-state index is 0.426. The Morgan fingerprint density at radius 2 is 1.52 bits per heavy atom. The molecule has 0 fully saturated rings. The molecule has 1 heterocycles. The topological polar surface area (TPSA) is 52.0 Å². The molecule has 3 rings (SSSR count). The van der Waals surface area contributed by atoms with Crippen LogP contribution in [-0.2, 0) is 0 Å². The normalized spacial score (nSPS) is 10.8. The largest absolute Gasteiger partial charge is 0.380 e. The van der Waals surface area contributed by atoms with E-state index in [4.69, 9.17) is 10.3 Å². The third kappa shape index (κ3) is 2.55. The highest BCUT2D eigenvalue weighted by molar-refractivity contribution is 5.86. The van der Waals surface area contributed by atoms with Crippen LogP contribution in [0.2, 0.25) is 0 Å². The summed E-state index contributed by atoms with van der Waals surface area (Å²) in [5, 5.41) is 3.96. The van der Waals surface area contributed by atoms with Crippen molar-refractivity contribution < 1.29 is 4.52 Å². The molecule has 0 atom stereocenters. The van der Waals surface area contributed by atoms with Gasteiger partial charge in [-0.05, 0) is 38.5 Å². The number of hydrogen-bond acceptors (Lipinski definition) is 3. The maximum Gasteiger partial charge on any atom is 0.176 e. The van der Waals surface area contributed by atoms with Gasteiger partial charge in [0.25, 0.3) is 0 Å². The van der Waals surface area contributed by atoms with Crippen LogP contribution in [0.15, 0.2) is 47.0 Å². The van der Waals surface area contributed by atoms with Crippen molar-refractivity contribution in [1.82, 2.24) is 5.16 Å². The Morgan fingerprint density at radius 1 is 0.857 bits per heavy atom. The molecule has 2 N–H and O–H groups in total. The first-order valence-corrected chi connectivity index (χ1v) is 6.95. The Balaban J connectivity index is 2.21. The first-order valence-electron chi connectivity index (χ1n) is 6.95. The molecule has 0 unspecified atom stereocenters. The number of rotatable bonds is 2. The van der Waals surface area contributed by atoms with Crippen LogP contribution in [0.5, 0.6) is 0 Å². The van der Waals surface area contributed by atoms with E-state index in [1.807, 2.05) is 12.1 Å². The zero-order chi connectivity index (χ0) is 15.0. The number of nitrogens with zero attached hydrogens (tertiary/aromatic N) is 1. The molecule has 3 aromatic rings. The molecule has 0 saturated carbocycles. The van der Waals surface area contributed by atoms with E-state index in [0.717, 1.165) is 22.5 Å². The van der Waals surface area contributed by atoms with Gasteiger partial charge in [0.05, 0.1) is 5.56 Å². The van der Waals surface area contributed by atoms with Gasteiger partial charge in [-0.15, -0.1) is 0 Å². The van der Waals surface area contributed by atoms with Crippen molar-refractivity contribution in [2.75, 3.05) is 5.73 Å². The number of benzene rings is 2. The molecule has 0 radical (unpaired) electrons. The van der Waals surface area contributed by atoms with Gasteiger partial charge in [-0.25, -0.2) is 0 Å². The fraction of sp³-hybridized carbons (Fsp3) is 0.167. The summed E-state index contributed by atoms with van der Waals surface area (Å²) in [4.78, 5) is 0. The van der Waals surface area contributed by atoms with Crippen LogP contribution in [0.4, 0.5) is 5.82 Å². The first kappa shape index (κ1) is 13.4. The Morgan fingerprint density at radius 3 is 2.19 bits per heavy atom. The summed E-state index contributed by atoms with van der Waals surface area (Å²) in [6.45, 7) is 6.20.